The second-order valence-corrected chi connectivity index (χ2v) is 9.73. The Balaban J connectivity index is 2.09. The standard InChI is InChI=1S/C19H31N3O3S/c1-15(2)13-18(16-9-6-5-7-10-16)20-19(23)17-11-8-12-22(14-17)26(24,25)21(3)4/h5-7,9-10,15,17-18H,8,11-14H2,1-4H3,(H,20,23)/t17-,18+/m0/s1. The first-order valence-corrected chi connectivity index (χ1v) is 10.6. The fourth-order valence-electron chi connectivity index (χ4n) is 3.32. The minimum atomic E-state index is -3.48. The van der Waals surface area contributed by atoms with Gasteiger partial charge >= 0.3 is 0 Å². The predicted octanol–water partition coefficient (Wildman–Crippen LogP) is 2.41. The van der Waals surface area contributed by atoms with Gasteiger partial charge < -0.3 is 5.32 Å². The number of nitrogens with zero attached hydrogens (tertiary/aromatic N) is 2. The van der Waals surface area contributed by atoms with E-state index in [1.165, 1.54) is 22.7 Å². The van der Waals surface area contributed by atoms with Crippen molar-refractivity contribution in [3.8, 4) is 0 Å². The lowest BCUT2D eigenvalue weighted by Crippen LogP contribution is -2.49. The fourth-order valence-corrected chi connectivity index (χ4v) is 4.51. The number of nitrogens with one attached hydrogen (secondary N) is 1. The Morgan fingerprint density at radius 1 is 1.27 bits per heavy atom. The number of hydrogen-bond acceptors (Lipinski definition) is 3. The van der Waals surface area contributed by atoms with Crippen LogP contribution in [0.2, 0.25) is 0 Å². The Bertz CT molecular complexity index is 689. The third-order valence-electron chi connectivity index (χ3n) is 4.77. The van der Waals surface area contributed by atoms with Gasteiger partial charge in [0.1, 0.15) is 0 Å². The molecular formula is C19H31N3O3S. The molecule has 1 aliphatic rings. The van der Waals surface area contributed by atoms with Gasteiger partial charge in [-0.1, -0.05) is 44.2 Å². The molecule has 0 aromatic heterocycles. The van der Waals surface area contributed by atoms with E-state index in [0.29, 0.717) is 25.3 Å². The molecule has 1 aliphatic heterocycles. The minimum absolute atomic E-state index is 0.0514. The van der Waals surface area contributed by atoms with Crippen LogP contribution in [0.3, 0.4) is 0 Å². The summed E-state index contributed by atoms with van der Waals surface area (Å²) in [5.74, 6) is 0.0764. The highest BCUT2D eigenvalue weighted by atomic mass is 32.2. The van der Waals surface area contributed by atoms with Crippen molar-refractivity contribution in [1.82, 2.24) is 13.9 Å². The number of hydrogen-bond donors (Lipinski definition) is 1. The molecule has 146 valence electrons. The number of carbonyl (C=O) groups is 1. The lowest BCUT2D eigenvalue weighted by atomic mass is 9.94. The van der Waals surface area contributed by atoms with Gasteiger partial charge in [0.2, 0.25) is 5.91 Å². The third-order valence-corrected chi connectivity index (χ3v) is 6.68. The van der Waals surface area contributed by atoms with Gasteiger partial charge in [-0.05, 0) is 30.7 Å². The molecule has 2 rings (SSSR count). The molecule has 0 spiro atoms. The molecule has 1 saturated heterocycles. The lowest BCUT2D eigenvalue weighted by molar-refractivity contribution is -0.127. The largest absolute Gasteiger partial charge is 0.349 e. The Kier molecular flexibility index (Phi) is 7.20. The smallest absolute Gasteiger partial charge is 0.281 e. The molecule has 26 heavy (non-hydrogen) atoms. The van der Waals surface area contributed by atoms with E-state index in [1.807, 2.05) is 30.3 Å². The molecule has 2 atom stereocenters. The van der Waals surface area contributed by atoms with Crippen LogP contribution >= 0.6 is 0 Å². The Morgan fingerprint density at radius 3 is 2.50 bits per heavy atom. The second-order valence-electron chi connectivity index (χ2n) is 7.59. The van der Waals surface area contributed by atoms with Crippen molar-refractivity contribution in [3.05, 3.63) is 35.9 Å². The molecule has 0 aliphatic carbocycles. The maximum absolute atomic E-state index is 12.9. The number of benzene rings is 1. The summed E-state index contributed by atoms with van der Waals surface area (Å²) in [6.45, 7) is 4.98. The summed E-state index contributed by atoms with van der Waals surface area (Å²) in [6.07, 6.45) is 2.27. The monoisotopic (exact) mass is 381 g/mol. The SMILES string of the molecule is CC(C)C[C@@H](NC(=O)[C@H]1CCCN(S(=O)(=O)N(C)C)C1)c1ccccc1. The van der Waals surface area contributed by atoms with Crippen LogP contribution in [-0.4, -0.2) is 50.1 Å². The molecular weight excluding hydrogens is 350 g/mol. The predicted molar refractivity (Wildman–Crippen MR) is 104 cm³/mol. The normalized spacial score (nSPS) is 20.3. The first kappa shape index (κ1) is 20.9. The molecule has 0 saturated carbocycles. The van der Waals surface area contributed by atoms with Gasteiger partial charge in [0.25, 0.3) is 10.2 Å². The average molecular weight is 382 g/mol. The average Bonchev–Trinajstić information content (AvgIpc) is 2.61. The van der Waals surface area contributed by atoms with Crippen LogP contribution in [0.15, 0.2) is 30.3 Å². The zero-order valence-electron chi connectivity index (χ0n) is 16.2. The minimum Gasteiger partial charge on any atom is -0.349 e. The molecule has 0 radical (unpaired) electrons. The summed E-state index contributed by atoms with van der Waals surface area (Å²) in [7, 11) is -0.438. The number of piperidine rings is 1. The first-order chi connectivity index (χ1) is 12.2. The van der Waals surface area contributed by atoms with Crippen LogP contribution in [0, 0.1) is 11.8 Å². The summed E-state index contributed by atoms with van der Waals surface area (Å²) in [5, 5.41) is 3.16. The van der Waals surface area contributed by atoms with Gasteiger partial charge in [0, 0.05) is 27.2 Å². The van der Waals surface area contributed by atoms with Crippen LogP contribution < -0.4 is 5.32 Å². The molecule has 7 heteroatoms. The molecule has 1 amide bonds. The summed E-state index contributed by atoms with van der Waals surface area (Å²) >= 11 is 0. The summed E-state index contributed by atoms with van der Waals surface area (Å²) in [6, 6.07) is 9.91. The van der Waals surface area contributed by atoms with Crippen LogP contribution in [0.25, 0.3) is 0 Å². The van der Waals surface area contributed by atoms with E-state index in [9.17, 15) is 13.2 Å². The van der Waals surface area contributed by atoms with Crippen LogP contribution in [0.5, 0.6) is 0 Å². The van der Waals surface area contributed by atoms with E-state index >= 15 is 0 Å². The summed E-state index contributed by atoms with van der Waals surface area (Å²) in [5.41, 5.74) is 1.09. The summed E-state index contributed by atoms with van der Waals surface area (Å²) < 4.78 is 27.4. The van der Waals surface area contributed by atoms with Gasteiger partial charge in [-0.2, -0.15) is 17.0 Å². The maximum Gasteiger partial charge on any atom is 0.281 e. The molecule has 1 N–H and O–H groups in total. The molecule has 1 aromatic rings. The van der Waals surface area contributed by atoms with Crippen LogP contribution in [0.4, 0.5) is 0 Å². The highest BCUT2D eigenvalue weighted by Crippen LogP contribution is 2.24. The van der Waals surface area contributed by atoms with E-state index in [1.54, 1.807) is 0 Å². The van der Waals surface area contributed by atoms with Gasteiger partial charge in [-0.25, -0.2) is 0 Å². The molecule has 0 bridgehead atoms. The molecule has 6 nitrogen and oxygen atoms in total. The first-order valence-electron chi connectivity index (χ1n) is 9.24. The van der Waals surface area contributed by atoms with E-state index in [-0.39, 0.29) is 24.4 Å². The zero-order chi connectivity index (χ0) is 19.3. The molecule has 1 aromatic carbocycles. The fraction of sp³-hybridized carbons (Fsp3) is 0.632. The van der Waals surface area contributed by atoms with Crippen molar-refractivity contribution in [2.75, 3.05) is 27.2 Å². The molecule has 1 heterocycles. The van der Waals surface area contributed by atoms with Crippen LogP contribution in [0.1, 0.15) is 44.7 Å². The highest BCUT2D eigenvalue weighted by Gasteiger charge is 2.34. The van der Waals surface area contributed by atoms with Crippen molar-refractivity contribution in [2.24, 2.45) is 11.8 Å². The maximum atomic E-state index is 12.9. The van der Waals surface area contributed by atoms with E-state index in [0.717, 1.165) is 12.0 Å². The third kappa shape index (κ3) is 5.28. The van der Waals surface area contributed by atoms with Crippen molar-refractivity contribution in [1.29, 1.82) is 0 Å². The lowest BCUT2D eigenvalue weighted by Gasteiger charge is -2.33. The van der Waals surface area contributed by atoms with Crippen molar-refractivity contribution >= 4 is 16.1 Å². The molecule has 0 unspecified atom stereocenters. The Labute approximate surface area is 157 Å². The van der Waals surface area contributed by atoms with Gasteiger partial charge in [0.15, 0.2) is 0 Å². The van der Waals surface area contributed by atoms with Crippen molar-refractivity contribution in [3.63, 3.8) is 0 Å². The quantitative estimate of drug-likeness (QED) is 0.788. The van der Waals surface area contributed by atoms with Crippen molar-refractivity contribution in [2.45, 2.75) is 39.2 Å². The van der Waals surface area contributed by atoms with Gasteiger partial charge in [0.05, 0.1) is 12.0 Å². The second kappa shape index (κ2) is 8.97. The zero-order valence-corrected chi connectivity index (χ0v) is 17.0. The van der Waals surface area contributed by atoms with Crippen molar-refractivity contribution < 1.29 is 13.2 Å². The number of amides is 1. The van der Waals surface area contributed by atoms with Gasteiger partial charge in [-0.15, -0.1) is 0 Å². The highest BCUT2D eigenvalue weighted by molar-refractivity contribution is 7.86. The van der Waals surface area contributed by atoms with Crippen LogP contribution in [-0.2, 0) is 15.0 Å². The van der Waals surface area contributed by atoms with E-state index in [4.69, 9.17) is 0 Å². The summed E-state index contributed by atoms with van der Waals surface area (Å²) in [4.78, 5) is 12.9. The van der Waals surface area contributed by atoms with E-state index in [2.05, 4.69) is 19.2 Å². The van der Waals surface area contributed by atoms with Gasteiger partial charge in [-0.3, -0.25) is 4.79 Å². The topological polar surface area (TPSA) is 69.7 Å². The molecule has 1 fully saturated rings. The number of rotatable bonds is 7. The number of carbonyl (C=O) groups excluding carboxylic acids is 1. The Morgan fingerprint density at radius 2 is 1.92 bits per heavy atom. The Hall–Kier alpha value is -1.44. The van der Waals surface area contributed by atoms with E-state index < -0.39 is 10.2 Å².